The highest BCUT2D eigenvalue weighted by atomic mass is 19.4. The van der Waals surface area contributed by atoms with Gasteiger partial charge in [0.25, 0.3) is 0 Å². The molecule has 2 N–H and O–H groups in total. The number of nitrogens with zero attached hydrogens (tertiary/aromatic N) is 3. The molecule has 2 atom stereocenters. The predicted octanol–water partition coefficient (Wildman–Crippen LogP) is 2.54. The number of ether oxygens (including phenoxy) is 1. The summed E-state index contributed by atoms with van der Waals surface area (Å²) in [6, 6.07) is 7.33. The summed E-state index contributed by atoms with van der Waals surface area (Å²) in [4.78, 5) is 25.0. The Hall–Kier alpha value is -2.49. The lowest BCUT2D eigenvalue weighted by Crippen LogP contribution is -2.52. The largest absolute Gasteiger partial charge is 0.490 e. The molecule has 2 fully saturated rings. The number of fused-ring (bicyclic) bond motifs is 1. The molecule has 0 aromatic heterocycles. The van der Waals surface area contributed by atoms with E-state index in [2.05, 4.69) is 28.8 Å². The number of carboxylic acids is 2. The molecule has 15 heteroatoms. The van der Waals surface area contributed by atoms with Crippen molar-refractivity contribution in [1.82, 2.24) is 14.7 Å². The van der Waals surface area contributed by atoms with Crippen LogP contribution < -0.4 is 0 Å². The van der Waals surface area contributed by atoms with E-state index in [1.54, 1.807) is 12.1 Å². The second-order valence-electron chi connectivity index (χ2n) is 8.24. The number of morpholine rings is 1. The van der Waals surface area contributed by atoms with Crippen molar-refractivity contribution in [3.63, 3.8) is 0 Å². The number of aliphatic carboxylic acids is 2. The molecule has 0 unspecified atom stereocenters. The molecule has 0 amide bonds. The number of halogens is 7. The van der Waals surface area contributed by atoms with Crippen molar-refractivity contribution >= 4 is 11.9 Å². The van der Waals surface area contributed by atoms with Gasteiger partial charge in [0, 0.05) is 45.3 Å². The maximum atomic E-state index is 13.0. The molecule has 1 aromatic rings. The smallest absolute Gasteiger partial charge is 0.475 e. The molecule has 0 saturated carbocycles. The summed E-state index contributed by atoms with van der Waals surface area (Å²) in [5.41, 5.74) is 1.17. The third-order valence-corrected chi connectivity index (χ3v) is 5.13. The minimum Gasteiger partial charge on any atom is -0.475 e. The third kappa shape index (κ3) is 11.5. The van der Waals surface area contributed by atoms with Crippen LogP contribution in [0.5, 0.6) is 0 Å². The third-order valence-electron chi connectivity index (χ3n) is 5.13. The summed E-state index contributed by atoms with van der Waals surface area (Å²) in [6.45, 7) is 6.93. The summed E-state index contributed by atoms with van der Waals surface area (Å²) in [5, 5.41) is 14.2. The van der Waals surface area contributed by atoms with Crippen LogP contribution in [0.1, 0.15) is 5.56 Å². The van der Waals surface area contributed by atoms with E-state index in [-0.39, 0.29) is 5.82 Å². The molecule has 3 rings (SSSR count). The zero-order chi connectivity index (χ0) is 27.7. The van der Waals surface area contributed by atoms with E-state index in [9.17, 15) is 30.7 Å². The Labute approximate surface area is 202 Å². The fourth-order valence-corrected chi connectivity index (χ4v) is 3.42. The van der Waals surface area contributed by atoms with Crippen molar-refractivity contribution < 1.29 is 55.3 Å². The Morgan fingerprint density at radius 1 is 1.00 bits per heavy atom. The lowest BCUT2D eigenvalue weighted by atomic mass is 10.1. The molecule has 2 heterocycles. The fourth-order valence-electron chi connectivity index (χ4n) is 3.42. The van der Waals surface area contributed by atoms with Gasteiger partial charge in [-0.2, -0.15) is 26.3 Å². The van der Waals surface area contributed by atoms with Crippen LogP contribution in [0.4, 0.5) is 30.7 Å². The number of carboxylic acid groups (broad SMARTS) is 2. The van der Waals surface area contributed by atoms with Crippen molar-refractivity contribution in [2.75, 3.05) is 53.4 Å². The summed E-state index contributed by atoms with van der Waals surface area (Å²) in [5.74, 6) is -5.68. The van der Waals surface area contributed by atoms with E-state index < -0.39 is 24.3 Å². The summed E-state index contributed by atoms with van der Waals surface area (Å²) >= 11 is 0. The Balaban J connectivity index is 0.000000383. The van der Waals surface area contributed by atoms with Crippen molar-refractivity contribution in [3.8, 4) is 0 Å². The zero-order valence-electron chi connectivity index (χ0n) is 19.5. The first-order chi connectivity index (χ1) is 16.5. The first-order valence-corrected chi connectivity index (χ1v) is 10.6. The summed E-state index contributed by atoms with van der Waals surface area (Å²) in [6.07, 6.45) is -9.85. The molecular formula is C21H28F7N3O5. The van der Waals surface area contributed by atoms with E-state index in [0.29, 0.717) is 12.1 Å². The van der Waals surface area contributed by atoms with Gasteiger partial charge in [-0.3, -0.25) is 9.80 Å². The average Bonchev–Trinajstić information content (AvgIpc) is 3.16. The Morgan fingerprint density at radius 2 is 1.50 bits per heavy atom. The fraction of sp³-hybridized carbons (Fsp3) is 0.619. The first kappa shape index (κ1) is 31.5. The Bertz CT molecular complexity index is 811. The number of hydrogen-bond acceptors (Lipinski definition) is 6. The average molecular weight is 535 g/mol. The number of hydrogen-bond donors (Lipinski definition) is 2. The van der Waals surface area contributed by atoms with Crippen molar-refractivity contribution in [1.29, 1.82) is 0 Å². The van der Waals surface area contributed by atoms with Gasteiger partial charge >= 0.3 is 24.3 Å². The highest BCUT2D eigenvalue weighted by molar-refractivity contribution is 5.73. The quantitative estimate of drug-likeness (QED) is 0.556. The number of alkyl halides is 6. The topological polar surface area (TPSA) is 93.5 Å². The molecular weight excluding hydrogens is 507 g/mol. The van der Waals surface area contributed by atoms with Crippen molar-refractivity contribution in [3.05, 3.63) is 35.6 Å². The number of benzene rings is 1. The second kappa shape index (κ2) is 13.7. The van der Waals surface area contributed by atoms with Crippen molar-refractivity contribution in [2.45, 2.75) is 31.0 Å². The maximum Gasteiger partial charge on any atom is 0.490 e. The number of likely N-dealkylation sites (tertiary alicyclic amines) is 1. The van der Waals surface area contributed by atoms with Gasteiger partial charge in [0.05, 0.1) is 12.7 Å². The van der Waals surface area contributed by atoms with Crippen LogP contribution in [0.3, 0.4) is 0 Å². The van der Waals surface area contributed by atoms with Gasteiger partial charge in [0.1, 0.15) is 5.82 Å². The van der Waals surface area contributed by atoms with E-state index >= 15 is 0 Å². The zero-order valence-corrected chi connectivity index (χ0v) is 19.5. The minimum absolute atomic E-state index is 0.169. The standard InChI is InChI=1S/C17H26FN3O.2C2HF3O2/c1-19(2)7-8-21-9-10-22-17-13-20(12-16(17)21)11-14-3-5-15(18)6-4-14;2*3-2(4,5)1(6)7/h3-6,16-17H,7-13H2,1-2H3;2*(H,6,7)/t16-,17+;;/m1../s1. The first-order valence-electron chi connectivity index (χ1n) is 10.6. The molecule has 0 radical (unpaired) electrons. The Kier molecular flexibility index (Phi) is 12.0. The van der Waals surface area contributed by atoms with E-state index in [0.717, 1.165) is 45.9 Å². The lowest BCUT2D eigenvalue weighted by Gasteiger charge is -2.37. The van der Waals surface area contributed by atoms with Crippen LogP contribution in [0.2, 0.25) is 0 Å². The minimum atomic E-state index is -5.08. The van der Waals surface area contributed by atoms with Crippen LogP contribution >= 0.6 is 0 Å². The monoisotopic (exact) mass is 535 g/mol. The van der Waals surface area contributed by atoms with Crippen molar-refractivity contribution in [2.24, 2.45) is 0 Å². The number of carbonyl (C=O) groups is 2. The van der Waals surface area contributed by atoms with Crippen LogP contribution in [0.25, 0.3) is 0 Å². The van der Waals surface area contributed by atoms with Gasteiger partial charge in [-0.05, 0) is 31.8 Å². The molecule has 2 aliphatic rings. The van der Waals surface area contributed by atoms with Crippen LogP contribution in [0.15, 0.2) is 24.3 Å². The molecule has 0 spiro atoms. The lowest BCUT2D eigenvalue weighted by molar-refractivity contribution is -0.193. The van der Waals surface area contributed by atoms with E-state index in [1.807, 2.05) is 12.1 Å². The van der Waals surface area contributed by atoms with Crippen LogP contribution in [-0.2, 0) is 20.9 Å². The molecule has 2 aliphatic heterocycles. The number of likely N-dealkylation sites (N-methyl/N-ethyl adjacent to an activating group) is 1. The van der Waals surface area contributed by atoms with Gasteiger partial charge in [-0.15, -0.1) is 0 Å². The molecule has 206 valence electrons. The SMILES string of the molecule is CN(C)CCN1CCO[C@H]2CN(Cc3ccc(F)cc3)C[C@H]21.O=C(O)C(F)(F)F.O=C(O)C(F)(F)F. The second-order valence-corrected chi connectivity index (χ2v) is 8.24. The Morgan fingerprint density at radius 3 is 1.94 bits per heavy atom. The normalized spacial score (nSPS) is 20.6. The maximum absolute atomic E-state index is 13.0. The van der Waals surface area contributed by atoms with Crippen LogP contribution in [-0.4, -0.2) is 115 Å². The molecule has 0 aliphatic carbocycles. The highest BCUT2D eigenvalue weighted by Gasteiger charge is 2.40. The molecule has 1 aromatic carbocycles. The van der Waals surface area contributed by atoms with Gasteiger partial charge in [-0.1, -0.05) is 12.1 Å². The highest BCUT2D eigenvalue weighted by Crippen LogP contribution is 2.24. The molecule has 8 nitrogen and oxygen atoms in total. The van der Waals surface area contributed by atoms with Gasteiger partial charge in [-0.25, -0.2) is 14.0 Å². The van der Waals surface area contributed by atoms with Gasteiger partial charge in [0.2, 0.25) is 0 Å². The van der Waals surface area contributed by atoms with E-state index in [1.165, 1.54) is 5.56 Å². The molecule has 36 heavy (non-hydrogen) atoms. The predicted molar refractivity (Wildman–Crippen MR) is 113 cm³/mol. The van der Waals surface area contributed by atoms with Gasteiger partial charge < -0.3 is 19.8 Å². The summed E-state index contributed by atoms with van der Waals surface area (Å²) < 4.78 is 82.4. The number of rotatable bonds is 5. The molecule has 2 saturated heterocycles. The van der Waals surface area contributed by atoms with E-state index in [4.69, 9.17) is 24.5 Å². The van der Waals surface area contributed by atoms with Gasteiger partial charge in [0.15, 0.2) is 0 Å². The molecule has 0 bridgehead atoms. The van der Waals surface area contributed by atoms with Crippen LogP contribution in [0, 0.1) is 5.82 Å². The summed E-state index contributed by atoms with van der Waals surface area (Å²) in [7, 11) is 4.24.